The molecule has 1 aliphatic heterocycles. The van der Waals surface area contributed by atoms with E-state index in [1.54, 1.807) is 12.1 Å². The van der Waals surface area contributed by atoms with E-state index in [0.29, 0.717) is 4.90 Å². The second kappa shape index (κ2) is 4.53. The van der Waals surface area contributed by atoms with Gasteiger partial charge in [0, 0.05) is 31.9 Å². The van der Waals surface area contributed by atoms with Crippen LogP contribution in [0.5, 0.6) is 0 Å². The van der Waals surface area contributed by atoms with Crippen LogP contribution >= 0.6 is 0 Å². The normalized spacial score (nSPS) is 21.9. The van der Waals surface area contributed by atoms with Gasteiger partial charge in [-0.2, -0.15) is 0 Å². The van der Waals surface area contributed by atoms with Crippen LogP contribution in [0.1, 0.15) is 11.6 Å². The molecule has 2 N–H and O–H groups in total. The molecule has 0 aliphatic carbocycles. The summed E-state index contributed by atoms with van der Waals surface area (Å²) in [5.41, 5.74) is 0.859. The van der Waals surface area contributed by atoms with E-state index in [0.717, 1.165) is 25.2 Å². The zero-order valence-corrected chi connectivity index (χ0v) is 10.0. The molecule has 1 aromatic carbocycles. The number of nitrogens with one attached hydrogen (secondary N) is 2. The maximum absolute atomic E-state index is 11.6. The molecule has 1 aliphatic rings. The maximum Gasteiger partial charge on any atom is 0.175 e. The summed E-state index contributed by atoms with van der Waals surface area (Å²) >= 11 is 0. The first-order chi connectivity index (χ1) is 7.59. The third-order valence-corrected chi connectivity index (χ3v) is 3.91. The fourth-order valence-corrected chi connectivity index (χ4v) is 2.94. The van der Waals surface area contributed by atoms with E-state index in [1.165, 1.54) is 6.26 Å². The number of rotatable bonds is 2. The Balaban J connectivity index is 2.40. The van der Waals surface area contributed by atoms with E-state index in [4.69, 9.17) is 0 Å². The van der Waals surface area contributed by atoms with Gasteiger partial charge in [0.1, 0.15) is 0 Å². The fraction of sp³-hybridized carbons (Fsp3) is 0.455. The summed E-state index contributed by atoms with van der Waals surface area (Å²) in [5, 5.41) is 6.58. The first kappa shape index (κ1) is 11.6. The molecule has 0 bridgehead atoms. The molecule has 1 saturated heterocycles. The van der Waals surface area contributed by atoms with Crippen molar-refractivity contribution >= 4 is 9.84 Å². The molecule has 16 heavy (non-hydrogen) atoms. The van der Waals surface area contributed by atoms with Crippen molar-refractivity contribution in [2.24, 2.45) is 0 Å². The number of piperazine rings is 1. The third kappa shape index (κ3) is 2.42. The minimum absolute atomic E-state index is 0.0830. The van der Waals surface area contributed by atoms with Crippen LogP contribution in [0, 0.1) is 0 Å². The van der Waals surface area contributed by atoms with Crippen molar-refractivity contribution in [1.82, 2.24) is 10.6 Å². The third-order valence-electron chi connectivity index (χ3n) is 2.73. The largest absolute Gasteiger partial charge is 0.314 e. The number of benzene rings is 1. The zero-order valence-electron chi connectivity index (χ0n) is 9.23. The van der Waals surface area contributed by atoms with Gasteiger partial charge in [0.15, 0.2) is 9.84 Å². The quantitative estimate of drug-likeness (QED) is 0.782. The van der Waals surface area contributed by atoms with Gasteiger partial charge < -0.3 is 10.6 Å². The van der Waals surface area contributed by atoms with Crippen LogP contribution < -0.4 is 10.6 Å². The summed E-state index contributed by atoms with van der Waals surface area (Å²) in [6.45, 7) is 2.56. The predicted molar refractivity (Wildman–Crippen MR) is 63.2 cm³/mol. The van der Waals surface area contributed by atoms with Gasteiger partial charge >= 0.3 is 0 Å². The van der Waals surface area contributed by atoms with E-state index in [-0.39, 0.29) is 6.04 Å². The lowest BCUT2D eigenvalue weighted by molar-refractivity contribution is 0.425. The lowest BCUT2D eigenvalue weighted by Gasteiger charge is -2.26. The fourth-order valence-electron chi connectivity index (χ4n) is 1.98. The molecule has 5 heteroatoms. The molecule has 1 atom stereocenters. The van der Waals surface area contributed by atoms with Crippen LogP contribution in [0.25, 0.3) is 0 Å². The summed E-state index contributed by atoms with van der Waals surface area (Å²) in [4.78, 5) is 0.427. The molecule has 2 rings (SSSR count). The molecule has 1 fully saturated rings. The second-order valence-corrected chi connectivity index (χ2v) is 6.00. The van der Waals surface area contributed by atoms with Crippen molar-refractivity contribution in [3.63, 3.8) is 0 Å². The topological polar surface area (TPSA) is 58.2 Å². The molecular formula is C11H16N2O2S. The van der Waals surface area contributed by atoms with Crippen LogP contribution in [-0.2, 0) is 9.84 Å². The Labute approximate surface area is 96.0 Å². The van der Waals surface area contributed by atoms with Gasteiger partial charge in [-0.3, -0.25) is 0 Å². The molecule has 0 amide bonds. The molecule has 1 aromatic rings. The molecule has 1 unspecified atom stereocenters. The highest BCUT2D eigenvalue weighted by atomic mass is 32.2. The molecule has 0 radical (unpaired) electrons. The van der Waals surface area contributed by atoms with Gasteiger partial charge in [-0.05, 0) is 11.6 Å². The van der Waals surface area contributed by atoms with Gasteiger partial charge in [0.25, 0.3) is 0 Å². The molecule has 4 nitrogen and oxygen atoms in total. The highest BCUT2D eigenvalue weighted by Crippen LogP contribution is 2.22. The van der Waals surface area contributed by atoms with Gasteiger partial charge in [-0.25, -0.2) is 8.42 Å². The smallest absolute Gasteiger partial charge is 0.175 e. The molecule has 88 valence electrons. The van der Waals surface area contributed by atoms with E-state index < -0.39 is 9.84 Å². The van der Waals surface area contributed by atoms with Crippen molar-refractivity contribution in [3.8, 4) is 0 Å². The van der Waals surface area contributed by atoms with Crippen molar-refractivity contribution in [2.75, 3.05) is 25.9 Å². The van der Waals surface area contributed by atoms with Gasteiger partial charge in [-0.1, -0.05) is 18.2 Å². The summed E-state index contributed by atoms with van der Waals surface area (Å²) in [7, 11) is -3.15. The average Bonchev–Trinajstić information content (AvgIpc) is 2.29. The van der Waals surface area contributed by atoms with Crippen LogP contribution in [0.15, 0.2) is 29.2 Å². The minimum atomic E-state index is -3.15. The van der Waals surface area contributed by atoms with Gasteiger partial charge in [-0.15, -0.1) is 0 Å². The molecule has 0 saturated carbocycles. The van der Waals surface area contributed by atoms with Crippen LogP contribution in [-0.4, -0.2) is 34.3 Å². The van der Waals surface area contributed by atoms with E-state index in [9.17, 15) is 8.42 Å². The van der Waals surface area contributed by atoms with E-state index >= 15 is 0 Å². The Morgan fingerprint density at radius 3 is 2.62 bits per heavy atom. The van der Waals surface area contributed by atoms with Gasteiger partial charge in [0.05, 0.1) is 4.90 Å². The molecular weight excluding hydrogens is 224 g/mol. The number of sulfone groups is 1. The number of hydrogen-bond acceptors (Lipinski definition) is 4. The highest BCUT2D eigenvalue weighted by molar-refractivity contribution is 7.90. The highest BCUT2D eigenvalue weighted by Gasteiger charge is 2.21. The Bertz CT molecular complexity index is 465. The first-order valence-corrected chi connectivity index (χ1v) is 7.21. The summed E-state index contributed by atoms with van der Waals surface area (Å²) in [6, 6.07) is 7.26. The molecule has 0 spiro atoms. The van der Waals surface area contributed by atoms with Crippen molar-refractivity contribution < 1.29 is 8.42 Å². The van der Waals surface area contributed by atoms with Crippen molar-refractivity contribution in [3.05, 3.63) is 29.8 Å². The lowest BCUT2D eigenvalue weighted by Crippen LogP contribution is -2.43. The van der Waals surface area contributed by atoms with E-state index in [1.807, 2.05) is 12.1 Å². The van der Waals surface area contributed by atoms with Crippen LogP contribution in [0.4, 0.5) is 0 Å². The summed E-state index contributed by atoms with van der Waals surface area (Å²) < 4.78 is 23.3. The van der Waals surface area contributed by atoms with Crippen LogP contribution in [0.2, 0.25) is 0 Å². The monoisotopic (exact) mass is 240 g/mol. The van der Waals surface area contributed by atoms with Gasteiger partial charge in [0.2, 0.25) is 0 Å². The number of hydrogen-bond donors (Lipinski definition) is 2. The summed E-state index contributed by atoms with van der Waals surface area (Å²) in [5.74, 6) is 0. The SMILES string of the molecule is CS(=O)(=O)c1ccccc1C1CNCCN1. The maximum atomic E-state index is 11.6. The zero-order chi connectivity index (χ0) is 11.6. The Morgan fingerprint density at radius 1 is 1.25 bits per heavy atom. The van der Waals surface area contributed by atoms with Crippen LogP contribution in [0.3, 0.4) is 0 Å². The first-order valence-electron chi connectivity index (χ1n) is 5.32. The Kier molecular flexibility index (Phi) is 3.28. The molecule has 0 aromatic heterocycles. The summed E-state index contributed by atoms with van der Waals surface area (Å²) in [6.07, 6.45) is 1.25. The average molecular weight is 240 g/mol. The standard InChI is InChI=1S/C11H16N2O2S/c1-16(14,15)11-5-3-2-4-9(11)10-8-12-6-7-13-10/h2-5,10,12-13H,6-8H2,1H3. The van der Waals surface area contributed by atoms with Crippen molar-refractivity contribution in [1.29, 1.82) is 0 Å². The minimum Gasteiger partial charge on any atom is -0.314 e. The predicted octanol–water partition coefficient (Wildman–Crippen LogP) is 0.324. The second-order valence-electron chi connectivity index (χ2n) is 4.02. The lowest BCUT2D eigenvalue weighted by atomic mass is 10.1. The van der Waals surface area contributed by atoms with Crippen molar-refractivity contribution in [2.45, 2.75) is 10.9 Å². The van der Waals surface area contributed by atoms with E-state index in [2.05, 4.69) is 10.6 Å². The molecule has 1 heterocycles. The Morgan fingerprint density at radius 2 is 2.00 bits per heavy atom. The Hall–Kier alpha value is -0.910.